The van der Waals surface area contributed by atoms with E-state index in [4.69, 9.17) is 0 Å². The van der Waals surface area contributed by atoms with Crippen LogP contribution in [0.15, 0.2) is 24.3 Å². The minimum absolute atomic E-state index is 0.0650. The Balaban J connectivity index is 2.46. The van der Waals surface area contributed by atoms with Gasteiger partial charge in [0.15, 0.2) is 0 Å². The molecule has 0 bridgehead atoms. The van der Waals surface area contributed by atoms with E-state index in [0.717, 1.165) is 18.5 Å². The number of amides is 1. The number of rotatable bonds is 2. The van der Waals surface area contributed by atoms with Gasteiger partial charge in [-0.05, 0) is 45.4 Å². The SMILES string of the molecule is CNC1CCc2ccccc2N(C(C)C)C1=O. The monoisotopic (exact) mass is 232 g/mol. The summed E-state index contributed by atoms with van der Waals surface area (Å²) in [5.41, 5.74) is 2.34. The van der Waals surface area contributed by atoms with Gasteiger partial charge in [0.25, 0.3) is 0 Å². The van der Waals surface area contributed by atoms with E-state index in [0.29, 0.717) is 0 Å². The van der Waals surface area contributed by atoms with Gasteiger partial charge < -0.3 is 10.2 Å². The van der Waals surface area contributed by atoms with Gasteiger partial charge in [0.05, 0.1) is 6.04 Å². The van der Waals surface area contributed by atoms with E-state index >= 15 is 0 Å². The molecule has 1 atom stereocenters. The number of anilines is 1. The van der Waals surface area contributed by atoms with Gasteiger partial charge in [-0.25, -0.2) is 0 Å². The maximum atomic E-state index is 12.4. The highest BCUT2D eigenvalue weighted by atomic mass is 16.2. The lowest BCUT2D eigenvalue weighted by Crippen LogP contribution is -2.47. The van der Waals surface area contributed by atoms with Gasteiger partial charge in [-0.15, -0.1) is 0 Å². The van der Waals surface area contributed by atoms with Crippen LogP contribution in [-0.4, -0.2) is 25.0 Å². The van der Waals surface area contributed by atoms with Crippen molar-refractivity contribution in [2.45, 2.75) is 38.8 Å². The number of carbonyl (C=O) groups excluding carboxylic acids is 1. The van der Waals surface area contributed by atoms with Crippen LogP contribution in [0.4, 0.5) is 5.69 Å². The fraction of sp³-hybridized carbons (Fsp3) is 0.500. The molecular formula is C14H20N2O. The molecule has 17 heavy (non-hydrogen) atoms. The molecule has 1 N–H and O–H groups in total. The van der Waals surface area contributed by atoms with Crippen LogP contribution in [-0.2, 0) is 11.2 Å². The zero-order valence-electron chi connectivity index (χ0n) is 10.7. The number of likely N-dealkylation sites (N-methyl/N-ethyl adjacent to an activating group) is 1. The van der Waals surface area contributed by atoms with Crippen LogP contribution in [0.3, 0.4) is 0 Å². The summed E-state index contributed by atoms with van der Waals surface area (Å²) in [6, 6.07) is 8.34. The molecule has 3 heteroatoms. The summed E-state index contributed by atoms with van der Waals surface area (Å²) in [6.45, 7) is 4.12. The Morgan fingerprint density at radius 1 is 1.35 bits per heavy atom. The molecule has 1 aliphatic rings. The van der Waals surface area contributed by atoms with Crippen molar-refractivity contribution in [1.29, 1.82) is 0 Å². The molecule has 1 unspecified atom stereocenters. The van der Waals surface area contributed by atoms with Crippen molar-refractivity contribution < 1.29 is 4.79 Å². The molecule has 1 amide bonds. The molecule has 0 spiro atoms. The normalized spacial score (nSPS) is 20.4. The summed E-state index contributed by atoms with van der Waals surface area (Å²) in [6.07, 6.45) is 1.83. The minimum Gasteiger partial charge on any atom is -0.309 e. The first kappa shape index (κ1) is 12.1. The fourth-order valence-corrected chi connectivity index (χ4v) is 2.47. The van der Waals surface area contributed by atoms with E-state index in [1.54, 1.807) is 0 Å². The lowest BCUT2D eigenvalue weighted by atomic mass is 10.1. The van der Waals surface area contributed by atoms with Crippen LogP contribution >= 0.6 is 0 Å². The average molecular weight is 232 g/mol. The predicted octanol–water partition coefficient (Wildman–Crippen LogP) is 1.96. The molecular weight excluding hydrogens is 212 g/mol. The van der Waals surface area contributed by atoms with Gasteiger partial charge in [-0.2, -0.15) is 0 Å². The second-order valence-corrected chi connectivity index (χ2v) is 4.81. The van der Waals surface area contributed by atoms with Gasteiger partial charge in [0.2, 0.25) is 5.91 Å². The third-order valence-corrected chi connectivity index (χ3v) is 3.35. The van der Waals surface area contributed by atoms with Crippen molar-refractivity contribution in [2.24, 2.45) is 0 Å². The molecule has 1 aromatic carbocycles. The van der Waals surface area contributed by atoms with Crippen molar-refractivity contribution in [3.05, 3.63) is 29.8 Å². The van der Waals surface area contributed by atoms with Gasteiger partial charge in [0.1, 0.15) is 0 Å². The highest BCUT2D eigenvalue weighted by Gasteiger charge is 2.30. The first-order valence-corrected chi connectivity index (χ1v) is 6.23. The molecule has 0 aliphatic carbocycles. The smallest absolute Gasteiger partial charge is 0.244 e. The zero-order chi connectivity index (χ0) is 12.4. The van der Waals surface area contributed by atoms with Crippen molar-refractivity contribution in [3.8, 4) is 0 Å². The largest absolute Gasteiger partial charge is 0.309 e. The Labute approximate surface area is 103 Å². The number of para-hydroxylation sites is 1. The van der Waals surface area contributed by atoms with Crippen LogP contribution in [0.1, 0.15) is 25.8 Å². The van der Waals surface area contributed by atoms with Gasteiger partial charge in [-0.3, -0.25) is 4.79 Å². The van der Waals surface area contributed by atoms with Crippen molar-refractivity contribution >= 4 is 11.6 Å². The molecule has 1 aliphatic heterocycles. The molecule has 0 saturated carbocycles. The molecule has 0 aromatic heterocycles. The van der Waals surface area contributed by atoms with Crippen LogP contribution in [0, 0.1) is 0 Å². The molecule has 1 aromatic rings. The van der Waals surface area contributed by atoms with Gasteiger partial charge in [0, 0.05) is 11.7 Å². The Kier molecular flexibility index (Phi) is 3.48. The molecule has 0 saturated heterocycles. The highest BCUT2D eigenvalue weighted by molar-refractivity contribution is 5.99. The number of hydrogen-bond acceptors (Lipinski definition) is 2. The lowest BCUT2D eigenvalue weighted by Gasteiger charge is -2.29. The third-order valence-electron chi connectivity index (χ3n) is 3.35. The topological polar surface area (TPSA) is 32.3 Å². The fourth-order valence-electron chi connectivity index (χ4n) is 2.47. The van der Waals surface area contributed by atoms with E-state index in [1.165, 1.54) is 5.56 Å². The van der Waals surface area contributed by atoms with E-state index in [-0.39, 0.29) is 18.0 Å². The maximum Gasteiger partial charge on any atom is 0.244 e. The summed E-state index contributed by atoms with van der Waals surface area (Å²) < 4.78 is 0. The van der Waals surface area contributed by atoms with Crippen molar-refractivity contribution in [2.75, 3.05) is 11.9 Å². The van der Waals surface area contributed by atoms with Crippen LogP contribution in [0.25, 0.3) is 0 Å². The van der Waals surface area contributed by atoms with Crippen molar-refractivity contribution in [3.63, 3.8) is 0 Å². The number of fused-ring (bicyclic) bond motifs is 1. The first-order valence-electron chi connectivity index (χ1n) is 6.23. The number of nitrogens with one attached hydrogen (secondary N) is 1. The summed E-state index contributed by atoms with van der Waals surface area (Å²) in [7, 11) is 1.86. The Morgan fingerprint density at radius 3 is 2.71 bits per heavy atom. The predicted molar refractivity (Wildman–Crippen MR) is 70.2 cm³/mol. The summed E-state index contributed by atoms with van der Waals surface area (Å²) in [5, 5.41) is 3.12. The Hall–Kier alpha value is -1.35. The van der Waals surface area contributed by atoms with E-state index in [9.17, 15) is 4.79 Å². The quantitative estimate of drug-likeness (QED) is 0.845. The van der Waals surface area contributed by atoms with Crippen molar-refractivity contribution in [1.82, 2.24) is 5.32 Å². The van der Waals surface area contributed by atoms with E-state index in [2.05, 4.69) is 25.2 Å². The van der Waals surface area contributed by atoms with Gasteiger partial charge >= 0.3 is 0 Å². The molecule has 2 rings (SSSR count). The molecule has 1 heterocycles. The molecule has 92 valence electrons. The standard InChI is InChI=1S/C14H20N2O/c1-10(2)16-13-7-5-4-6-11(13)8-9-12(15-3)14(16)17/h4-7,10,12,15H,8-9H2,1-3H3. The summed E-state index contributed by atoms with van der Waals surface area (Å²) in [4.78, 5) is 14.4. The number of nitrogens with zero attached hydrogens (tertiary/aromatic N) is 1. The zero-order valence-corrected chi connectivity index (χ0v) is 10.7. The van der Waals surface area contributed by atoms with E-state index < -0.39 is 0 Å². The lowest BCUT2D eigenvalue weighted by molar-refractivity contribution is -0.120. The minimum atomic E-state index is -0.0650. The van der Waals surface area contributed by atoms with E-state index in [1.807, 2.05) is 30.1 Å². The average Bonchev–Trinajstić information content (AvgIpc) is 2.45. The molecule has 0 fully saturated rings. The third kappa shape index (κ3) is 2.20. The van der Waals surface area contributed by atoms with Gasteiger partial charge in [-0.1, -0.05) is 18.2 Å². The Bertz CT molecular complexity index is 414. The number of hydrogen-bond donors (Lipinski definition) is 1. The number of benzene rings is 1. The summed E-state index contributed by atoms with van der Waals surface area (Å²) in [5.74, 6) is 0.187. The van der Waals surface area contributed by atoms with Crippen LogP contribution in [0.5, 0.6) is 0 Å². The highest BCUT2D eigenvalue weighted by Crippen LogP contribution is 2.28. The Morgan fingerprint density at radius 2 is 2.06 bits per heavy atom. The second kappa shape index (κ2) is 4.88. The molecule has 3 nitrogen and oxygen atoms in total. The maximum absolute atomic E-state index is 12.4. The summed E-state index contributed by atoms with van der Waals surface area (Å²) >= 11 is 0. The number of carbonyl (C=O) groups is 1. The second-order valence-electron chi connectivity index (χ2n) is 4.81. The van der Waals surface area contributed by atoms with Crippen LogP contribution < -0.4 is 10.2 Å². The number of aryl methyl sites for hydroxylation is 1. The first-order chi connectivity index (χ1) is 8.15. The van der Waals surface area contributed by atoms with Crippen LogP contribution in [0.2, 0.25) is 0 Å². The molecule has 0 radical (unpaired) electrons.